The van der Waals surface area contributed by atoms with Crippen molar-refractivity contribution < 1.29 is 0 Å². The van der Waals surface area contributed by atoms with E-state index in [1.807, 2.05) is 24.5 Å². The normalized spacial score (nSPS) is 26.7. The van der Waals surface area contributed by atoms with Crippen LogP contribution in [0.4, 0.5) is 5.69 Å². The van der Waals surface area contributed by atoms with E-state index in [1.165, 1.54) is 19.3 Å². The number of hydrogen-bond acceptors (Lipinski definition) is 3. The van der Waals surface area contributed by atoms with E-state index < -0.39 is 0 Å². The lowest BCUT2D eigenvalue weighted by Crippen LogP contribution is -2.30. The summed E-state index contributed by atoms with van der Waals surface area (Å²) in [7, 11) is 0. The lowest BCUT2D eigenvalue weighted by molar-refractivity contribution is 0.281. The Morgan fingerprint density at radius 3 is 2.47 bits per heavy atom. The summed E-state index contributed by atoms with van der Waals surface area (Å²) in [4.78, 5) is 1.06. The summed E-state index contributed by atoms with van der Waals surface area (Å²) in [5.74, 6) is 1.55. The van der Waals surface area contributed by atoms with Crippen molar-refractivity contribution in [3.05, 3.63) is 23.8 Å². The Labute approximate surface area is 120 Å². The molecule has 1 saturated carbocycles. The van der Waals surface area contributed by atoms with Gasteiger partial charge in [-0.05, 0) is 49.5 Å². The molecule has 0 heterocycles. The van der Waals surface area contributed by atoms with Gasteiger partial charge in [-0.3, -0.25) is 0 Å². The number of rotatable bonds is 3. The molecule has 0 spiro atoms. The highest BCUT2D eigenvalue weighted by Crippen LogP contribution is 2.32. The minimum Gasteiger partial charge on any atom is -0.381 e. The van der Waals surface area contributed by atoms with Crippen molar-refractivity contribution in [2.45, 2.75) is 44.0 Å². The zero-order valence-electron chi connectivity index (χ0n) is 11.9. The predicted octanol–water partition coefficient (Wildman–Crippen LogP) is 4.52. The topological polar surface area (TPSA) is 35.8 Å². The lowest BCUT2D eigenvalue weighted by Gasteiger charge is -2.33. The number of nitriles is 1. The maximum absolute atomic E-state index is 9.36. The number of hydrogen-bond donors (Lipinski definition) is 1. The first kappa shape index (κ1) is 14.3. The average Bonchev–Trinajstić information content (AvgIpc) is 2.37. The van der Waals surface area contributed by atoms with E-state index in [4.69, 9.17) is 0 Å². The maximum atomic E-state index is 9.36. The van der Waals surface area contributed by atoms with Gasteiger partial charge in [0.15, 0.2) is 0 Å². The molecule has 0 bridgehead atoms. The Morgan fingerprint density at radius 1 is 1.21 bits per heavy atom. The molecule has 1 fully saturated rings. The molecule has 1 N–H and O–H groups in total. The zero-order valence-corrected chi connectivity index (χ0v) is 12.8. The van der Waals surface area contributed by atoms with Gasteiger partial charge in [0, 0.05) is 10.9 Å². The Balaban J connectivity index is 2.17. The molecule has 2 atom stereocenters. The van der Waals surface area contributed by atoms with Crippen LogP contribution >= 0.6 is 11.8 Å². The highest BCUT2D eigenvalue weighted by Gasteiger charge is 2.24. The fourth-order valence-electron chi connectivity index (χ4n) is 3.22. The molecule has 0 radical (unpaired) electrons. The third-order valence-electron chi connectivity index (χ3n) is 3.90. The van der Waals surface area contributed by atoms with E-state index in [0.29, 0.717) is 6.04 Å². The summed E-state index contributed by atoms with van der Waals surface area (Å²) < 4.78 is 0. The fraction of sp³-hybridized carbons (Fsp3) is 0.562. The van der Waals surface area contributed by atoms with Crippen molar-refractivity contribution in [3.63, 3.8) is 0 Å². The quantitative estimate of drug-likeness (QED) is 0.823. The fourth-order valence-corrected chi connectivity index (χ4v) is 3.80. The van der Waals surface area contributed by atoms with Gasteiger partial charge in [0.05, 0.1) is 11.3 Å². The van der Waals surface area contributed by atoms with Crippen LogP contribution in [0.3, 0.4) is 0 Å². The van der Waals surface area contributed by atoms with Gasteiger partial charge in [-0.2, -0.15) is 5.26 Å². The van der Waals surface area contributed by atoms with Crippen molar-refractivity contribution in [1.29, 1.82) is 5.26 Å². The van der Waals surface area contributed by atoms with E-state index in [-0.39, 0.29) is 0 Å². The Morgan fingerprint density at radius 2 is 1.89 bits per heavy atom. The van der Waals surface area contributed by atoms with Crippen LogP contribution in [0.2, 0.25) is 0 Å². The van der Waals surface area contributed by atoms with Gasteiger partial charge < -0.3 is 5.32 Å². The predicted molar refractivity (Wildman–Crippen MR) is 82.5 cm³/mol. The molecule has 1 aliphatic rings. The third-order valence-corrected chi connectivity index (χ3v) is 4.68. The number of nitrogens with zero attached hydrogens (tertiary/aromatic N) is 1. The molecule has 1 aromatic rings. The number of anilines is 1. The van der Waals surface area contributed by atoms with Crippen LogP contribution in [0.25, 0.3) is 0 Å². The van der Waals surface area contributed by atoms with Gasteiger partial charge in [0.1, 0.15) is 6.07 Å². The van der Waals surface area contributed by atoms with Crippen molar-refractivity contribution >= 4 is 17.4 Å². The number of thioether (sulfide) groups is 1. The molecule has 0 aromatic heterocycles. The summed E-state index contributed by atoms with van der Waals surface area (Å²) in [5, 5.41) is 13.0. The van der Waals surface area contributed by atoms with Crippen LogP contribution in [-0.2, 0) is 0 Å². The van der Waals surface area contributed by atoms with Crippen molar-refractivity contribution in [2.75, 3.05) is 11.6 Å². The highest BCUT2D eigenvalue weighted by atomic mass is 32.2. The van der Waals surface area contributed by atoms with Gasteiger partial charge in [-0.15, -0.1) is 11.8 Å². The Kier molecular flexibility index (Phi) is 4.76. The van der Waals surface area contributed by atoms with Gasteiger partial charge >= 0.3 is 0 Å². The van der Waals surface area contributed by atoms with E-state index in [9.17, 15) is 5.26 Å². The molecule has 0 amide bonds. The van der Waals surface area contributed by atoms with Crippen LogP contribution in [0, 0.1) is 23.2 Å². The van der Waals surface area contributed by atoms with Crippen LogP contribution in [0.5, 0.6) is 0 Å². The Bertz CT molecular complexity index is 468. The number of benzene rings is 1. The first-order valence-electron chi connectivity index (χ1n) is 6.97. The first-order chi connectivity index (χ1) is 9.13. The molecule has 102 valence electrons. The average molecular weight is 274 g/mol. The Hall–Kier alpha value is -1.14. The summed E-state index contributed by atoms with van der Waals surface area (Å²) >= 11 is 1.63. The molecular weight excluding hydrogens is 252 g/mol. The summed E-state index contributed by atoms with van der Waals surface area (Å²) in [5.41, 5.74) is 1.79. The summed E-state index contributed by atoms with van der Waals surface area (Å²) in [6.45, 7) is 4.65. The van der Waals surface area contributed by atoms with E-state index >= 15 is 0 Å². The maximum Gasteiger partial charge on any atom is 0.102 e. The van der Waals surface area contributed by atoms with Crippen LogP contribution in [0.1, 0.15) is 38.7 Å². The molecule has 0 aliphatic heterocycles. The molecule has 19 heavy (non-hydrogen) atoms. The van der Waals surface area contributed by atoms with Gasteiger partial charge in [0.2, 0.25) is 0 Å². The van der Waals surface area contributed by atoms with Gasteiger partial charge in [0.25, 0.3) is 0 Å². The second-order valence-electron chi connectivity index (χ2n) is 5.75. The monoisotopic (exact) mass is 274 g/mol. The van der Waals surface area contributed by atoms with Crippen molar-refractivity contribution in [2.24, 2.45) is 11.8 Å². The molecule has 0 saturated heterocycles. The van der Waals surface area contributed by atoms with E-state index in [0.717, 1.165) is 28.0 Å². The van der Waals surface area contributed by atoms with Crippen LogP contribution < -0.4 is 5.32 Å². The largest absolute Gasteiger partial charge is 0.381 e. The molecule has 3 heteroatoms. The molecule has 2 rings (SSSR count). The minimum absolute atomic E-state index is 0.503. The van der Waals surface area contributed by atoms with E-state index in [2.05, 4.69) is 25.2 Å². The van der Waals surface area contributed by atoms with E-state index in [1.54, 1.807) is 11.8 Å². The highest BCUT2D eigenvalue weighted by molar-refractivity contribution is 7.98. The second-order valence-corrected chi connectivity index (χ2v) is 6.60. The summed E-state index contributed by atoms with van der Waals surface area (Å²) in [6.07, 6.45) is 5.76. The molecular formula is C16H22N2S. The van der Waals surface area contributed by atoms with Gasteiger partial charge in [-0.1, -0.05) is 19.9 Å². The minimum atomic E-state index is 0.503. The molecule has 1 aromatic carbocycles. The summed E-state index contributed by atoms with van der Waals surface area (Å²) in [6, 6.07) is 8.92. The third kappa shape index (κ3) is 3.45. The zero-order chi connectivity index (χ0) is 13.8. The van der Waals surface area contributed by atoms with Crippen molar-refractivity contribution in [3.8, 4) is 6.07 Å². The number of nitrogens with one attached hydrogen (secondary N) is 1. The van der Waals surface area contributed by atoms with Crippen molar-refractivity contribution in [1.82, 2.24) is 0 Å². The molecule has 2 unspecified atom stereocenters. The SMILES string of the molecule is CSc1cccc(NC2CC(C)CC(C)C2)c1C#N. The second kappa shape index (κ2) is 6.34. The first-order valence-corrected chi connectivity index (χ1v) is 8.20. The van der Waals surface area contributed by atoms with Gasteiger partial charge in [-0.25, -0.2) is 0 Å². The molecule has 1 aliphatic carbocycles. The standard InChI is InChI=1S/C16H22N2S/c1-11-7-12(2)9-13(8-11)18-15-5-4-6-16(19-3)14(15)10-17/h4-6,11-13,18H,7-9H2,1-3H3. The smallest absolute Gasteiger partial charge is 0.102 e. The molecule has 2 nitrogen and oxygen atoms in total. The van der Waals surface area contributed by atoms with Crippen LogP contribution in [-0.4, -0.2) is 12.3 Å². The lowest BCUT2D eigenvalue weighted by atomic mass is 9.80. The van der Waals surface area contributed by atoms with Crippen LogP contribution in [0.15, 0.2) is 23.1 Å².